The number of para-hydroxylation sites is 5. The van der Waals surface area contributed by atoms with E-state index in [1.54, 1.807) is 0 Å². The van der Waals surface area contributed by atoms with E-state index in [1.165, 1.54) is 27.1 Å². The monoisotopic (exact) mass is 1020 g/mol. The van der Waals surface area contributed by atoms with Gasteiger partial charge in [-0.3, -0.25) is 13.7 Å². The lowest BCUT2D eigenvalue weighted by Crippen LogP contribution is -2.28. The molecule has 0 fully saturated rings. The minimum absolute atomic E-state index is 0.133. The van der Waals surface area contributed by atoms with Crippen molar-refractivity contribution in [3.63, 3.8) is 0 Å². The third kappa shape index (κ3) is 7.49. The van der Waals surface area contributed by atoms with Crippen molar-refractivity contribution < 1.29 is 9.30 Å². The molecule has 0 amide bonds. The number of pyridine rings is 1. The third-order valence-corrected chi connectivity index (χ3v) is 15.6. The van der Waals surface area contributed by atoms with Crippen LogP contribution in [0.5, 0.6) is 11.5 Å². The summed E-state index contributed by atoms with van der Waals surface area (Å²) in [5, 5.41) is 6.98. The van der Waals surface area contributed by atoms with Gasteiger partial charge in [0.15, 0.2) is 0 Å². The zero-order valence-electron chi connectivity index (χ0n) is 43.9. The molecule has 0 saturated heterocycles. The van der Waals surface area contributed by atoms with E-state index in [2.05, 4.69) is 288 Å². The molecule has 7 heteroatoms. The van der Waals surface area contributed by atoms with E-state index in [0.29, 0.717) is 11.5 Å². The molecule has 0 aliphatic carbocycles. The Morgan fingerprint density at radius 2 is 0.975 bits per heavy atom. The SMILES string of the molecule is CC(C)(C)c1ccnc(-n2c3cc(Oc4cccc(-[n+]5[c-]n(-c6c(-c7ccccc7)cccc6-c6ccccc6)cc5)c4)ccc3c3c4c5ccccc5n(-c5ccccc5)c4c4c5ccccc5n(-c5ccccc5)c4c32)c1. The average Bonchev–Trinajstić information content (AvgIpc) is 3.42. The first-order valence-corrected chi connectivity index (χ1v) is 26.9. The maximum atomic E-state index is 7.03. The Morgan fingerprint density at radius 1 is 0.443 bits per heavy atom. The van der Waals surface area contributed by atoms with Crippen LogP contribution in [0.25, 0.3) is 116 Å². The molecule has 10 aromatic carbocycles. The van der Waals surface area contributed by atoms with Crippen LogP contribution in [0.2, 0.25) is 0 Å². The van der Waals surface area contributed by atoms with Crippen LogP contribution in [0.15, 0.2) is 261 Å². The van der Waals surface area contributed by atoms with Gasteiger partial charge < -0.3 is 13.9 Å². The number of imidazole rings is 1. The van der Waals surface area contributed by atoms with E-state index in [0.717, 1.165) is 94.7 Å². The van der Waals surface area contributed by atoms with Gasteiger partial charge in [-0.05, 0) is 112 Å². The number of nitrogens with zero attached hydrogens (tertiary/aromatic N) is 6. The molecule has 15 rings (SSSR count). The summed E-state index contributed by atoms with van der Waals surface area (Å²) in [6.07, 6.45) is 9.79. The number of benzene rings is 10. The number of rotatable bonds is 9. The molecule has 0 N–H and O–H groups in total. The Morgan fingerprint density at radius 3 is 1.62 bits per heavy atom. The molecule has 7 nitrogen and oxygen atoms in total. The van der Waals surface area contributed by atoms with E-state index in [1.807, 2.05) is 22.9 Å². The first kappa shape index (κ1) is 46.1. The Labute approximate surface area is 457 Å². The Bertz CT molecular complexity index is 4770. The summed E-state index contributed by atoms with van der Waals surface area (Å²) in [6.45, 7) is 6.80. The topological polar surface area (TPSA) is 45.7 Å². The molecule has 0 radical (unpaired) electrons. The highest BCUT2D eigenvalue weighted by molar-refractivity contribution is 6.40. The van der Waals surface area contributed by atoms with E-state index in [-0.39, 0.29) is 5.41 Å². The van der Waals surface area contributed by atoms with Gasteiger partial charge in [0.1, 0.15) is 17.3 Å². The van der Waals surface area contributed by atoms with Crippen LogP contribution in [0.3, 0.4) is 0 Å². The molecule has 5 heterocycles. The molecule has 79 heavy (non-hydrogen) atoms. The molecule has 0 aliphatic heterocycles. The molecule has 15 aromatic rings. The summed E-state index contributed by atoms with van der Waals surface area (Å²) in [5.41, 5.74) is 16.3. The van der Waals surface area contributed by atoms with Gasteiger partial charge in [-0.15, -0.1) is 0 Å². The summed E-state index contributed by atoms with van der Waals surface area (Å²) in [4.78, 5) is 5.28. The standard InChI is InChI=1S/C72H52N6O/c1-72(2,3)50-40-41-73-64(44-50)78-63-46-55(79-54-31-20-30-53(45-54)74-42-43-75(47-74)68-56(48-22-8-4-9-23-48)34-21-35-57(68)49-24-10-5-11-25-49)38-39-60(63)66-65-58-32-16-18-36-61(58)76(51-26-12-6-13-27-51)69(65)67-59-33-17-19-37-62(59)77(71(67)70(66)78)52-28-14-7-15-29-52/h4-46H,1-3H3. The van der Waals surface area contributed by atoms with Crippen LogP contribution >= 0.6 is 0 Å². The van der Waals surface area contributed by atoms with Crippen LogP contribution in [0.4, 0.5) is 0 Å². The van der Waals surface area contributed by atoms with Gasteiger partial charge in [-0.1, -0.05) is 178 Å². The van der Waals surface area contributed by atoms with Crippen LogP contribution in [0, 0.1) is 6.33 Å². The Kier molecular flexibility index (Phi) is 10.6. The zero-order valence-corrected chi connectivity index (χ0v) is 43.9. The number of hydrogen-bond acceptors (Lipinski definition) is 2. The lowest BCUT2D eigenvalue weighted by Gasteiger charge is -2.20. The van der Waals surface area contributed by atoms with Crippen molar-refractivity contribution in [2.75, 3.05) is 0 Å². The van der Waals surface area contributed by atoms with Gasteiger partial charge in [-0.25, -0.2) is 4.98 Å². The van der Waals surface area contributed by atoms with Crippen molar-refractivity contribution in [1.82, 2.24) is 23.3 Å². The van der Waals surface area contributed by atoms with Gasteiger partial charge in [0.05, 0.1) is 44.5 Å². The van der Waals surface area contributed by atoms with Crippen LogP contribution in [-0.4, -0.2) is 23.3 Å². The van der Waals surface area contributed by atoms with Crippen LogP contribution in [0.1, 0.15) is 26.3 Å². The van der Waals surface area contributed by atoms with Crippen molar-refractivity contribution in [3.8, 4) is 62.3 Å². The first-order chi connectivity index (χ1) is 38.9. The van der Waals surface area contributed by atoms with Crippen molar-refractivity contribution in [2.24, 2.45) is 0 Å². The summed E-state index contributed by atoms with van der Waals surface area (Å²) >= 11 is 0. The second-order valence-corrected chi connectivity index (χ2v) is 21.4. The van der Waals surface area contributed by atoms with Gasteiger partial charge in [0.25, 0.3) is 6.33 Å². The second kappa shape index (κ2) is 18.2. The highest BCUT2D eigenvalue weighted by atomic mass is 16.5. The minimum Gasteiger partial charge on any atom is -0.458 e. The van der Waals surface area contributed by atoms with E-state index < -0.39 is 0 Å². The van der Waals surface area contributed by atoms with Gasteiger partial charge >= 0.3 is 0 Å². The molecule has 0 bridgehead atoms. The summed E-state index contributed by atoms with van der Waals surface area (Å²) < 4.78 is 18.5. The fraction of sp³-hybridized carbons (Fsp3) is 0.0556. The van der Waals surface area contributed by atoms with Gasteiger partial charge in [0, 0.05) is 68.3 Å². The second-order valence-electron chi connectivity index (χ2n) is 21.4. The number of aromatic nitrogens is 6. The normalized spacial score (nSPS) is 12.0. The van der Waals surface area contributed by atoms with E-state index in [9.17, 15) is 0 Å². The van der Waals surface area contributed by atoms with Gasteiger partial charge in [0.2, 0.25) is 0 Å². The smallest absolute Gasteiger partial charge is 0.268 e. The largest absolute Gasteiger partial charge is 0.458 e. The molecule has 0 aliphatic rings. The molecular formula is C72H52N6O. The highest BCUT2D eigenvalue weighted by Gasteiger charge is 2.30. The Balaban J connectivity index is 0.966. The molecule has 0 unspecified atom stereocenters. The number of fused-ring (bicyclic) bond motifs is 12. The van der Waals surface area contributed by atoms with E-state index >= 15 is 0 Å². The fourth-order valence-corrected chi connectivity index (χ4v) is 12.1. The third-order valence-electron chi connectivity index (χ3n) is 15.6. The molecule has 0 saturated carbocycles. The lowest BCUT2D eigenvalue weighted by atomic mass is 9.88. The summed E-state index contributed by atoms with van der Waals surface area (Å²) in [5.74, 6) is 2.25. The zero-order chi connectivity index (χ0) is 52.8. The molecule has 0 atom stereocenters. The molecular weight excluding hydrogens is 965 g/mol. The van der Waals surface area contributed by atoms with Crippen LogP contribution < -0.4 is 9.30 Å². The number of hydrogen-bond donors (Lipinski definition) is 0. The average molecular weight is 1020 g/mol. The predicted molar refractivity (Wildman–Crippen MR) is 323 cm³/mol. The lowest BCUT2D eigenvalue weighted by molar-refractivity contribution is -0.599. The maximum Gasteiger partial charge on any atom is 0.268 e. The van der Waals surface area contributed by atoms with Crippen molar-refractivity contribution in [1.29, 1.82) is 0 Å². The Hall–Kier alpha value is -10.2. The first-order valence-electron chi connectivity index (χ1n) is 26.9. The molecule has 5 aromatic heterocycles. The highest BCUT2D eigenvalue weighted by Crippen LogP contribution is 2.51. The fourth-order valence-electron chi connectivity index (χ4n) is 12.1. The number of ether oxygens (including phenoxy) is 1. The predicted octanol–water partition coefficient (Wildman–Crippen LogP) is 17.7. The molecule has 0 spiro atoms. The quantitative estimate of drug-likeness (QED) is 0.107. The minimum atomic E-state index is -0.133. The van der Waals surface area contributed by atoms with E-state index in [4.69, 9.17) is 9.72 Å². The maximum absolute atomic E-state index is 7.03. The van der Waals surface area contributed by atoms with Gasteiger partial charge in [-0.2, -0.15) is 0 Å². The van der Waals surface area contributed by atoms with Crippen LogP contribution in [-0.2, 0) is 5.41 Å². The summed E-state index contributed by atoms with van der Waals surface area (Å²) in [6, 6.07) is 86.3. The van der Waals surface area contributed by atoms with Crippen molar-refractivity contribution in [2.45, 2.75) is 26.2 Å². The molecule has 376 valence electrons. The summed E-state index contributed by atoms with van der Waals surface area (Å²) in [7, 11) is 0. The van der Waals surface area contributed by atoms with Crippen molar-refractivity contribution >= 4 is 65.4 Å². The van der Waals surface area contributed by atoms with Crippen molar-refractivity contribution in [3.05, 3.63) is 273 Å².